The Morgan fingerprint density at radius 1 is 1.18 bits per heavy atom. The van der Waals surface area contributed by atoms with Crippen molar-refractivity contribution in [3.05, 3.63) is 35.4 Å². The lowest BCUT2D eigenvalue weighted by Crippen LogP contribution is -2.04. The monoisotopic (exact) mass is 234 g/mol. The highest BCUT2D eigenvalue weighted by atomic mass is 16.5. The smallest absolute Gasteiger partial charge is 0.302 e. The van der Waals surface area contributed by atoms with E-state index < -0.39 is 0 Å². The van der Waals surface area contributed by atoms with Crippen molar-refractivity contribution >= 4 is 11.8 Å². The summed E-state index contributed by atoms with van der Waals surface area (Å²) in [5.74, 6) is -0.0845. The number of rotatable bonds is 6. The molecule has 0 atom stereocenters. The maximum atomic E-state index is 11.6. The lowest BCUT2D eigenvalue weighted by Gasteiger charge is -2.04. The van der Waals surface area contributed by atoms with E-state index in [2.05, 4.69) is 0 Å². The van der Waals surface area contributed by atoms with Gasteiger partial charge < -0.3 is 4.74 Å². The molecule has 0 amide bonds. The highest BCUT2D eigenvalue weighted by Crippen LogP contribution is 2.08. The van der Waals surface area contributed by atoms with Gasteiger partial charge in [-0.1, -0.05) is 31.2 Å². The van der Waals surface area contributed by atoms with E-state index in [1.807, 2.05) is 31.2 Å². The maximum Gasteiger partial charge on any atom is 0.302 e. The number of carbonyl (C=O) groups excluding carboxylic acids is 2. The molecule has 0 saturated carbocycles. The minimum Gasteiger partial charge on any atom is -0.466 e. The van der Waals surface area contributed by atoms with Crippen LogP contribution in [0.25, 0.3) is 0 Å². The van der Waals surface area contributed by atoms with Crippen molar-refractivity contribution in [3.8, 4) is 0 Å². The summed E-state index contributed by atoms with van der Waals surface area (Å²) in [5.41, 5.74) is 1.82. The number of esters is 1. The SMILES string of the molecule is CCCC(=O)c1ccc(CCOC(C)=O)cc1. The number of carbonyl (C=O) groups is 2. The molecule has 1 aromatic rings. The highest BCUT2D eigenvalue weighted by molar-refractivity contribution is 5.95. The van der Waals surface area contributed by atoms with Gasteiger partial charge in [0.25, 0.3) is 0 Å². The van der Waals surface area contributed by atoms with Crippen LogP contribution >= 0.6 is 0 Å². The summed E-state index contributed by atoms with van der Waals surface area (Å²) in [7, 11) is 0. The Hall–Kier alpha value is -1.64. The zero-order valence-electron chi connectivity index (χ0n) is 10.4. The van der Waals surface area contributed by atoms with Crippen LogP contribution in [0.2, 0.25) is 0 Å². The van der Waals surface area contributed by atoms with Gasteiger partial charge in [0.1, 0.15) is 0 Å². The summed E-state index contributed by atoms with van der Waals surface area (Å²) >= 11 is 0. The minimum absolute atomic E-state index is 0.180. The van der Waals surface area contributed by atoms with Gasteiger partial charge >= 0.3 is 5.97 Å². The molecule has 0 aromatic heterocycles. The Balaban J connectivity index is 2.50. The van der Waals surface area contributed by atoms with Crippen LogP contribution in [-0.4, -0.2) is 18.4 Å². The van der Waals surface area contributed by atoms with E-state index in [-0.39, 0.29) is 11.8 Å². The summed E-state index contributed by atoms with van der Waals surface area (Å²) in [6.45, 7) is 3.77. The molecule has 0 saturated heterocycles. The largest absolute Gasteiger partial charge is 0.466 e. The molecule has 0 fully saturated rings. The summed E-state index contributed by atoms with van der Waals surface area (Å²) in [4.78, 5) is 22.2. The fourth-order valence-corrected chi connectivity index (χ4v) is 1.54. The molecule has 0 N–H and O–H groups in total. The molecule has 0 aliphatic rings. The summed E-state index contributed by atoms with van der Waals surface area (Å²) in [6, 6.07) is 7.49. The Labute approximate surface area is 102 Å². The van der Waals surface area contributed by atoms with Crippen LogP contribution in [0.5, 0.6) is 0 Å². The van der Waals surface area contributed by atoms with Crippen LogP contribution in [0.4, 0.5) is 0 Å². The molecule has 3 nitrogen and oxygen atoms in total. The average Bonchev–Trinajstić information content (AvgIpc) is 2.30. The highest BCUT2D eigenvalue weighted by Gasteiger charge is 2.04. The van der Waals surface area contributed by atoms with Crippen molar-refractivity contribution in [1.29, 1.82) is 0 Å². The van der Waals surface area contributed by atoms with Gasteiger partial charge in [-0.25, -0.2) is 0 Å². The Kier molecular flexibility index (Phi) is 5.40. The first-order valence-corrected chi connectivity index (χ1v) is 5.89. The number of benzene rings is 1. The van der Waals surface area contributed by atoms with Gasteiger partial charge in [-0.05, 0) is 12.0 Å². The molecule has 0 aliphatic carbocycles. The molecule has 3 heteroatoms. The average molecular weight is 234 g/mol. The molecule has 1 aromatic carbocycles. The minimum atomic E-state index is -0.264. The van der Waals surface area contributed by atoms with Gasteiger partial charge in [0.2, 0.25) is 0 Å². The molecule has 17 heavy (non-hydrogen) atoms. The van der Waals surface area contributed by atoms with E-state index in [4.69, 9.17) is 4.74 Å². The second kappa shape index (κ2) is 6.84. The normalized spacial score (nSPS) is 10.0. The van der Waals surface area contributed by atoms with Crippen LogP contribution in [0, 0.1) is 0 Å². The Morgan fingerprint density at radius 2 is 1.82 bits per heavy atom. The molecule has 0 heterocycles. The molecule has 0 radical (unpaired) electrons. The first-order valence-electron chi connectivity index (χ1n) is 5.89. The van der Waals surface area contributed by atoms with Gasteiger partial charge in [-0.3, -0.25) is 9.59 Å². The first kappa shape index (κ1) is 13.4. The van der Waals surface area contributed by atoms with Crippen LogP contribution in [0.15, 0.2) is 24.3 Å². The lowest BCUT2D eigenvalue weighted by molar-refractivity contribution is -0.140. The predicted molar refractivity (Wildman–Crippen MR) is 66.0 cm³/mol. The Morgan fingerprint density at radius 3 is 2.35 bits per heavy atom. The van der Waals surface area contributed by atoms with Crippen molar-refractivity contribution in [2.75, 3.05) is 6.61 Å². The van der Waals surface area contributed by atoms with Crippen LogP contribution < -0.4 is 0 Å². The second-order valence-electron chi connectivity index (χ2n) is 3.96. The van der Waals surface area contributed by atoms with E-state index >= 15 is 0 Å². The molecule has 0 unspecified atom stereocenters. The van der Waals surface area contributed by atoms with E-state index in [0.29, 0.717) is 19.4 Å². The third-order valence-corrected chi connectivity index (χ3v) is 2.45. The van der Waals surface area contributed by atoms with Crippen molar-refractivity contribution < 1.29 is 14.3 Å². The van der Waals surface area contributed by atoms with Crippen LogP contribution in [0.1, 0.15) is 42.6 Å². The van der Waals surface area contributed by atoms with Crippen LogP contribution in [-0.2, 0) is 16.0 Å². The third kappa shape index (κ3) is 4.81. The quantitative estimate of drug-likeness (QED) is 0.561. The number of ketones is 1. The maximum absolute atomic E-state index is 11.6. The summed E-state index contributed by atoms with van der Waals surface area (Å²) in [5, 5.41) is 0. The van der Waals surface area contributed by atoms with Crippen molar-refractivity contribution in [3.63, 3.8) is 0 Å². The molecule has 0 spiro atoms. The molecular weight excluding hydrogens is 216 g/mol. The van der Waals surface area contributed by atoms with E-state index in [1.54, 1.807) is 0 Å². The number of hydrogen-bond donors (Lipinski definition) is 0. The summed E-state index contributed by atoms with van der Waals surface area (Å²) in [6.07, 6.45) is 2.14. The van der Waals surface area contributed by atoms with E-state index in [0.717, 1.165) is 17.5 Å². The molecule has 0 bridgehead atoms. The van der Waals surface area contributed by atoms with Gasteiger partial charge in [0.05, 0.1) is 6.61 Å². The molecule has 92 valence electrons. The predicted octanol–water partition coefficient (Wildman–Crippen LogP) is 2.78. The fraction of sp³-hybridized carbons (Fsp3) is 0.429. The fourth-order valence-electron chi connectivity index (χ4n) is 1.54. The van der Waals surface area contributed by atoms with Crippen molar-refractivity contribution in [2.45, 2.75) is 33.1 Å². The number of hydrogen-bond acceptors (Lipinski definition) is 3. The van der Waals surface area contributed by atoms with Gasteiger partial charge in [-0.15, -0.1) is 0 Å². The topological polar surface area (TPSA) is 43.4 Å². The van der Waals surface area contributed by atoms with Gasteiger partial charge in [0.15, 0.2) is 5.78 Å². The lowest BCUT2D eigenvalue weighted by atomic mass is 10.0. The zero-order valence-corrected chi connectivity index (χ0v) is 10.4. The second-order valence-corrected chi connectivity index (χ2v) is 3.96. The molecule has 1 rings (SSSR count). The van der Waals surface area contributed by atoms with Crippen molar-refractivity contribution in [2.24, 2.45) is 0 Å². The van der Waals surface area contributed by atoms with Crippen molar-refractivity contribution in [1.82, 2.24) is 0 Å². The molecule has 0 aliphatic heterocycles. The van der Waals surface area contributed by atoms with Gasteiger partial charge in [-0.2, -0.15) is 0 Å². The summed E-state index contributed by atoms with van der Waals surface area (Å²) < 4.78 is 4.86. The third-order valence-electron chi connectivity index (χ3n) is 2.45. The van der Waals surface area contributed by atoms with E-state index in [1.165, 1.54) is 6.92 Å². The standard InChI is InChI=1S/C14H18O3/c1-3-4-14(16)13-7-5-12(6-8-13)9-10-17-11(2)15/h5-8H,3-4,9-10H2,1-2H3. The number of ether oxygens (including phenoxy) is 1. The molecular formula is C14H18O3. The zero-order chi connectivity index (χ0) is 12.7. The number of Topliss-reactive ketones (excluding diaryl/α,β-unsaturated/α-hetero) is 1. The van der Waals surface area contributed by atoms with Crippen LogP contribution in [0.3, 0.4) is 0 Å². The first-order chi connectivity index (χ1) is 8.13. The van der Waals surface area contributed by atoms with E-state index in [9.17, 15) is 9.59 Å². The van der Waals surface area contributed by atoms with Gasteiger partial charge in [0, 0.05) is 25.3 Å². The Bertz CT molecular complexity index is 379.